The van der Waals surface area contributed by atoms with Crippen LogP contribution in [0.2, 0.25) is 0 Å². The molecule has 1 rings (SSSR count). The van der Waals surface area contributed by atoms with Crippen LogP contribution in [0.4, 0.5) is 13.2 Å². The maximum absolute atomic E-state index is 9.67. The first-order chi connectivity index (χ1) is 4.63. The van der Waals surface area contributed by atoms with Gasteiger partial charge in [-0.15, -0.1) is 11.3 Å². The maximum atomic E-state index is 9.67. The van der Waals surface area contributed by atoms with E-state index in [0.29, 0.717) is 0 Å². The third-order valence-electron chi connectivity index (χ3n) is 0.663. The van der Waals surface area contributed by atoms with Gasteiger partial charge in [-0.2, -0.15) is 13.2 Å². The first kappa shape index (κ1) is 9.49. The van der Waals surface area contributed by atoms with Crippen molar-refractivity contribution in [2.45, 2.75) is 13.6 Å². The van der Waals surface area contributed by atoms with Crippen molar-refractivity contribution in [2.75, 3.05) is 0 Å². The van der Waals surface area contributed by atoms with Gasteiger partial charge in [-0.1, -0.05) is 6.07 Å². The van der Waals surface area contributed by atoms with E-state index in [1.807, 2.05) is 0 Å². The molecule has 0 aliphatic heterocycles. The minimum Gasteiger partial charge on any atom is -0.174 e. The molecule has 0 aliphatic rings. The van der Waals surface area contributed by atoms with Crippen LogP contribution in [-0.4, -0.2) is 6.68 Å². The Morgan fingerprint density at radius 1 is 1.40 bits per heavy atom. The van der Waals surface area contributed by atoms with Gasteiger partial charge in [0, 0.05) is 4.88 Å². The summed E-state index contributed by atoms with van der Waals surface area (Å²) >= 11 is 1.78. The largest absolute Gasteiger partial charge is 0.379 e. The van der Waals surface area contributed by atoms with Crippen molar-refractivity contribution in [2.24, 2.45) is 0 Å². The van der Waals surface area contributed by atoms with Crippen LogP contribution in [0, 0.1) is 6.92 Å². The number of halogens is 3. The molecule has 0 fully saturated rings. The van der Waals surface area contributed by atoms with E-state index >= 15 is 0 Å². The highest BCUT2D eigenvalue weighted by molar-refractivity contribution is 7.09. The van der Waals surface area contributed by atoms with Crippen LogP contribution in [0.15, 0.2) is 17.5 Å². The minimum atomic E-state index is -3.67. The summed E-state index contributed by atoms with van der Waals surface area (Å²) < 4.78 is 29.0. The number of alkyl halides is 3. The molecule has 0 aromatic carbocycles. The molecule has 1 aromatic heterocycles. The van der Waals surface area contributed by atoms with Gasteiger partial charge in [0.1, 0.15) is 0 Å². The van der Waals surface area contributed by atoms with Crippen LogP contribution in [-0.2, 0) is 0 Å². The van der Waals surface area contributed by atoms with Gasteiger partial charge in [-0.25, -0.2) is 0 Å². The second-order valence-electron chi connectivity index (χ2n) is 1.47. The second kappa shape index (κ2) is 5.29. The Morgan fingerprint density at radius 2 is 1.90 bits per heavy atom. The summed E-state index contributed by atoms with van der Waals surface area (Å²) in [5.74, 6) is 0. The monoisotopic (exact) mass is 168 g/mol. The van der Waals surface area contributed by atoms with Crippen molar-refractivity contribution in [3.8, 4) is 0 Å². The number of aryl methyl sites for hydroxylation is 1. The molecule has 0 saturated carbocycles. The van der Waals surface area contributed by atoms with E-state index in [4.69, 9.17) is 0 Å². The predicted molar refractivity (Wildman–Crippen MR) is 36.2 cm³/mol. The maximum Gasteiger partial charge on any atom is 0.379 e. The van der Waals surface area contributed by atoms with Gasteiger partial charge in [-0.05, 0) is 18.4 Å². The van der Waals surface area contributed by atoms with E-state index in [2.05, 4.69) is 24.4 Å². The van der Waals surface area contributed by atoms with Crippen LogP contribution in [0.25, 0.3) is 0 Å². The van der Waals surface area contributed by atoms with Gasteiger partial charge >= 0.3 is 6.68 Å². The van der Waals surface area contributed by atoms with E-state index in [-0.39, 0.29) is 0 Å². The Bertz CT molecular complexity index is 145. The molecule has 0 aliphatic carbocycles. The number of thiophene rings is 1. The van der Waals surface area contributed by atoms with Crippen molar-refractivity contribution in [1.82, 2.24) is 0 Å². The van der Waals surface area contributed by atoms with Crippen molar-refractivity contribution in [3.63, 3.8) is 0 Å². The minimum absolute atomic E-state index is 1.38. The molecule has 0 N–H and O–H groups in total. The molecule has 1 heterocycles. The molecule has 58 valence electrons. The molecule has 0 amide bonds. The SMILES string of the molecule is Cc1cccs1.FC(F)F. The Labute approximate surface area is 61.3 Å². The number of hydrogen-bond donors (Lipinski definition) is 0. The number of hydrogen-bond acceptors (Lipinski definition) is 1. The van der Waals surface area contributed by atoms with E-state index in [0.717, 1.165) is 0 Å². The van der Waals surface area contributed by atoms with Gasteiger partial charge in [0.2, 0.25) is 0 Å². The third kappa shape index (κ3) is 7.49. The Balaban J connectivity index is 0.000000180. The van der Waals surface area contributed by atoms with Gasteiger partial charge in [-0.3, -0.25) is 0 Å². The van der Waals surface area contributed by atoms with E-state index in [1.165, 1.54) is 4.88 Å². The number of rotatable bonds is 0. The molecule has 10 heavy (non-hydrogen) atoms. The molecule has 1 aromatic rings. The van der Waals surface area contributed by atoms with Crippen molar-refractivity contribution in [1.29, 1.82) is 0 Å². The van der Waals surface area contributed by atoms with Crippen molar-refractivity contribution >= 4 is 11.3 Å². The van der Waals surface area contributed by atoms with Gasteiger partial charge in [0.25, 0.3) is 0 Å². The van der Waals surface area contributed by atoms with Crippen LogP contribution in [0.3, 0.4) is 0 Å². The summed E-state index contributed by atoms with van der Waals surface area (Å²) in [6.07, 6.45) is 0. The molecule has 0 saturated heterocycles. The smallest absolute Gasteiger partial charge is 0.174 e. The lowest BCUT2D eigenvalue weighted by Gasteiger charge is -1.65. The highest BCUT2D eigenvalue weighted by Crippen LogP contribution is 2.03. The lowest BCUT2D eigenvalue weighted by Crippen LogP contribution is -1.65. The van der Waals surface area contributed by atoms with Crippen molar-refractivity contribution < 1.29 is 13.2 Å². The van der Waals surface area contributed by atoms with Crippen LogP contribution >= 0.6 is 11.3 Å². The summed E-state index contributed by atoms with van der Waals surface area (Å²) in [4.78, 5) is 1.38. The highest BCUT2D eigenvalue weighted by Gasteiger charge is 1.86. The van der Waals surface area contributed by atoms with Gasteiger partial charge in [0.15, 0.2) is 0 Å². The molecular formula is C6H7F3S. The summed E-state index contributed by atoms with van der Waals surface area (Å²) in [5, 5.41) is 2.08. The lowest BCUT2D eigenvalue weighted by molar-refractivity contribution is 0.00819. The summed E-state index contributed by atoms with van der Waals surface area (Å²) in [7, 11) is 0. The van der Waals surface area contributed by atoms with Crippen LogP contribution in [0.5, 0.6) is 0 Å². The topological polar surface area (TPSA) is 0 Å². The molecule has 0 atom stereocenters. The van der Waals surface area contributed by atoms with Crippen LogP contribution in [0.1, 0.15) is 4.88 Å². The lowest BCUT2D eigenvalue weighted by atomic mass is 10.5. The Kier molecular flexibility index (Phi) is 5.02. The van der Waals surface area contributed by atoms with E-state index < -0.39 is 6.68 Å². The van der Waals surface area contributed by atoms with Gasteiger partial charge < -0.3 is 0 Å². The van der Waals surface area contributed by atoms with Crippen molar-refractivity contribution in [3.05, 3.63) is 22.4 Å². The predicted octanol–water partition coefficient (Wildman–Crippen LogP) is 3.24. The fraction of sp³-hybridized carbons (Fsp3) is 0.333. The highest BCUT2D eigenvalue weighted by atomic mass is 32.1. The zero-order valence-corrected chi connectivity index (χ0v) is 6.17. The standard InChI is InChI=1S/C5H6S.CHF3/c1-5-3-2-4-6-5;2-1(3)4/h2-4H,1H3;1H. The van der Waals surface area contributed by atoms with Gasteiger partial charge in [0.05, 0.1) is 0 Å². The zero-order valence-electron chi connectivity index (χ0n) is 5.35. The molecular weight excluding hydrogens is 161 g/mol. The molecule has 4 heteroatoms. The first-order valence-electron chi connectivity index (χ1n) is 2.55. The second-order valence-corrected chi connectivity index (χ2v) is 2.62. The van der Waals surface area contributed by atoms with Crippen LogP contribution < -0.4 is 0 Å². The average molecular weight is 168 g/mol. The molecule has 0 spiro atoms. The normalized spacial score (nSPS) is 8.90. The Hall–Kier alpha value is -0.510. The van der Waals surface area contributed by atoms with E-state index in [9.17, 15) is 13.2 Å². The quantitative estimate of drug-likeness (QED) is 0.558. The molecule has 0 unspecified atom stereocenters. The zero-order chi connectivity index (χ0) is 7.98. The average Bonchev–Trinajstić information content (AvgIpc) is 2.15. The fourth-order valence-corrected chi connectivity index (χ4v) is 0.890. The Morgan fingerprint density at radius 3 is 2.00 bits per heavy atom. The van der Waals surface area contributed by atoms with E-state index in [1.54, 1.807) is 11.3 Å². The first-order valence-corrected chi connectivity index (χ1v) is 3.43. The fourth-order valence-electron chi connectivity index (χ4n) is 0.361. The molecule has 0 radical (unpaired) electrons. The summed E-state index contributed by atoms with van der Waals surface area (Å²) in [6, 6.07) is 4.16. The summed E-state index contributed by atoms with van der Waals surface area (Å²) in [6.45, 7) is -1.56. The molecule has 0 bridgehead atoms. The summed E-state index contributed by atoms with van der Waals surface area (Å²) in [5.41, 5.74) is 0. The third-order valence-corrected chi connectivity index (χ3v) is 1.46. The molecule has 0 nitrogen and oxygen atoms in total.